The van der Waals surface area contributed by atoms with Crippen LogP contribution in [0.1, 0.15) is 16.3 Å². The first kappa shape index (κ1) is 12.0. The highest BCUT2D eigenvalue weighted by molar-refractivity contribution is 7.11. The van der Waals surface area contributed by atoms with Crippen LogP contribution in [0.3, 0.4) is 0 Å². The molecule has 0 saturated heterocycles. The number of rotatable bonds is 4. The molecule has 0 aromatic carbocycles. The monoisotopic (exact) mass is 254 g/mol. The minimum absolute atomic E-state index is 0.183. The molecule has 0 radical (unpaired) electrons. The smallest absolute Gasteiger partial charge is 0.260 e. The summed E-state index contributed by atoms with van der Waals surface area (Å²) in [5.41, 5.74) is 0. The molecule has 0 bridgehead atoms. The second-order valence-corrected chi connectivity index (χ2v) is 5.23. The molecule has 0 atom stereocenters. The molecule has 1 aromatic rings. The van der Waals surface area contributed by atoms with Gasteiger partial charge < -0.3 is 4.90 Å². The first-order chi connectivity index (χ1) is 8.15. The average Bonchev–Trinajstić information content (AvgIpc) is 2.66. The number of nitrogens with zero attached hydrogens (tertiary/aromatic N) is 4. The molecule has 0 saturated carbocycles. The van der Waals surface area contributed by atoms with E-state index in [-0.39, 0.29) is 11.5 Å². The fourth-order valence-corrected chi connectivity index (χ4v) is 2.61. The molecule has 1 aliphatic heterocycles. The van der Waals surface area contributed by atoms with Crippen LogP contribution in [0.5, 0.6) is 0 Å². The summed E-state index contributed by atoms with van der Waals surface area (Å²) in [6.45, 7) is 3.98. The van der Waals surface area contributed by atoms with E-state index in [1.165, 1.54) is 0 Å². The minimum Gasteiger partial charge on any atom is -0.350 e. The molecule has 92 valence electrons. The maximum absolute atomic E-state index is 10.6. The Bertz CT molecular complexity index is 443. The topological polar surface area (TPSA) is 71.6 Å². The summed E-state index contributed by atoms with van der Waals surface area (Å²) in [6.07, 6.45) is 2.79. The number of aliphatic imine (C=N–C) groups is 1. The number of aromatic nitrogens is 1. The Hall–Kier alpha value is -1.50. The van der Waals surface area contributed by atoms with Gasteiger partial charge in [0.2, 0.25) is 0 Å². The zero-order valence-corrected chi connectivity index (χ0v) is 10.4. The molecule has 0 fully saturated rings. The van der Waals surface area contributed by atoms with Crippen LogP contribution in [0.2, 0.25) is 0 Å². The fourth-order valence-electron chi connectivity index (χ4n) is 1.80. The molecule has 0 aliphatic carbocycles. The molecular weight excluding hydrogens is 240 g/mol. The maximum Gasteiger partial charge on any atom is 0.260 e. The van der Waals surface area contributed by atoms with Gasteiger partial charge in [0.1, 0.15) is 0 Å². The van der Waals surface area contributed by atoms with Crippen molar-refractivity contribution in [3.05, 3.63) is 26.2 Å². The van der Waals surface area contributed by atoms with E-state index in [0.717, 1.165) is 22.9 Å². The van der Waals surface area contributed by atoms with Gasteiger partial charge in [0.05, 0.1) is 11.6 Å². The highest BCUT2D eigenvalue weighted by Crippen LogP contribution is 2.16. The molecular formula is C10H14N4O2S. The van der Waals surface area contributed by atoms with Gasteiger partial charge in [-0.3, -0.25) is 15.1 Å². The standard InChI is InChI=1S/C10H14N4O2S/c1-8-12-5-9(17-8)6-13-4-2-3-11-10(13)7-14(15)16/h5H,2-4,6-7H2,1H3. The van der Waals surface area contributed by atoms with Crippen LogP contribution in [-0.2, 0) is 6.54 Å². The molecule has 1 aromatic heterocycles. The lowest BCUT2D eigenvalue weighted by Crippen LogP contribution is -2.39. The molecule has 0 N–H and O–H groups in total. The molecule has 0 spiro atoms. The van der Waals surface area contributed by atoms with E-state index in [1.807, 2.05) is 18.0 Å². The van der Waals surface area contributed by atoms with E-state index >= 15 is 0 Å². The molecule has 7 heteroatoms. The molecule has 17 heavy (non-hydrogen) atoms. The molecule has 2 heterocycles. The van der Waals surface area contributed by atoms with Gasteiger partial charge in [0, 0.05) is 29.1 Å². The number of nitro groups is 1. The number of hydrogen-bond acceptors (Lipinski definition) is 6. The summed E-state index contributed by atoms with van der Waals surface area (Å²) in [6, 6.07) is 0. The predicted molar refractivity (Wildman–Crippen MR) is 66.0 cm³/mol. The number of aryl methyl sites for hydroxylation is 1. The first-order valence-corrected chi connectivity index (χ1v) is 6.28. The van der Waals surface area contributed by atoms with Gasteiger partial charge in [0.25, 0.3) is 6.54 Å². The molecule has 6 nitrogen and oxygen atoms in total. The van der Waals surface area contributed by atoms with Crippen molar-refractivity contribution in [2.45, 2.75) is 19.9 Å². The maximum atomic E-state index is 10.6. The summed E-state index contributed by atoms with van der Waals surface area (Å²) < 4.78 is 0. The lowest BCUT2D eigenvalue weighted by atomic mass is 10.3. The van der Waals surface area contributed by atoms with E-state index in [2.05, 4.69) is 9.98 Å². The van der Waals surface area contributed by atoms with Crippen molar-refractivity contribution in [1.82, 2.24) is 9.88 Å². The Morgan fingerprint density at radius 1 is 1.65 bits per heavy atom. The van der Waals surface area contributed by atoms with Crippen LogP contribution >= 0.6 is 11.3 Å². The fraction of sp³-hybridized carbons (Fsp3) is 0.600. The quantitative estimate of drug-likeness (QED) is 0.600. The summed E-state index contributed by atoms with van der Waals surface area (Å²) in [4.78, 5) is 21.8. The molecule has 2 rings (SSSR count). The number of hydrogen-bond donors (Lipinski definition) is 0. The van der Waals surface area contributed by atoms with Crippen LogP contribution < -0.4 is 0 Å². The van der Waals surface area contributed by atoms with Gasteiger partial charge in [-0.25, -0.2) is 4.98 Å². The second kappa shape index (κ2) is 5.22. The summed E-state index contributed by atoms with van der Waals surface area (Å²) >= 11 is 1.62. The Labute approximate surface area is 103 Å². The van der Waals surface area contributed by atoms with Crippen molar-refractivity contribution in [2.24, 2.45) is 4.99 Å². The zero-order valence-electron chi connectivity index (χ0n) is 9.63. The zero-order chi connectivity index (χ0) is 12.3. The van der Waals surface area contributed by atoms with Crippen LogP contribution in [0, 0.1) is 17.0 Å². The third kappa shape index (κ3) is 3.23. The third-order valence-electron chi connectivity index (χ3n) is 2.53. The Morgan fingerprint density at radius 3 is 3.12 bits per heavy atom. The molecule has 1 aliphatic rings. The molecule has 0 amide bonds. The second-order valence-electron chi connectivity index (χ2n) is 3.91. The van der Waals surface area contributed by atoms with E-state index in [4.69, 9.17) is 0 Å². The molecule has 0 unspecified atom stereocenters. The van der Waals surface area contributed by atoms with Crippen molar-refractivity contribution < 1.29 is 4.92 Å². The van der Waals surface area contributed by atoms with Crippen LogP contribution in [0.25, 0.3) is 0 Å². The minimum atomic E-state index is -0.324. The van der Waals surface area contributed by atoms with Crippen LogP contribution in [0.4, 0.5) is 0 Å². The van der Waals surface area contributed by atoms with Crippen LogP contribution in [0.15, 0.2) is 11.2 Å². The van der Waals surface area contributed by atoms with Gasteiger partial charge in [0.15, 0.2) is 5.84 Å². The first-order valence-electron chi connectivity index (χ1n) is 5.46. The number of amidine groups is 1. The summed E-state index contributed by atoms with van der Waals surface area (Å²) in [5.74, 6) is 0.590. The van der Waals surface area contributed by atoms with Gasteiger partial charge >= 0.3 is 0 Å². The van der Waals surface area contributed by atoms with E-state index in [1.54, 1.807) is 11.3 Å². The van der Waals surface area contributed by atoms with Crippen LogP contribution in [-0.4, -0.2) is 40.3 Å². The predicted octanol–water partition coefficient (Wildman–Crippen LogP) is 1.33. The van der Waals surface area contributed by atoms with Crippen molar-refractivity contribution in [3.8, 4) is 0 Å². The highest BCUT2D eigenvalue weighted by atomic mass is 32.1. The van der Waals surface area contributed by atoms with Gasteiger partial charge in [-0.15, -0.1) is 11.3 Å². The lowest BCUT2D eigenvalue weighted by Gasteiger charge is -2.26. The largest absolute Gasteiger partial charge is 0.350 e. The number of thiazole rings is 1. The summed E-state index contributed by atoms with van der Waals surface area (Å²) in [7, 11) is 0. The summed E-state index contributed by atoms with van der Waals surface area (Å²) in [5, 5.41) is 11.6. The van der Waals surface area contributed by atoms with Gasteiger partial charge in [-0.2, -0.15) is 0 Å². The van der Waals surface area contributed by atoms with Crippen molar-refractivity contribution >= 4 is 17.2 Å². The normalized spacial score (nSPS) is 15.8. The van der Waals surface area contributed by atoms with Gasteiger partial charge in [-0.05, 0) is 13.3 Å². The third-order valence-corrected chi connectivity index (χ3v) is 3.43. The Morgan fingerprint density at radius 2 is 2.47 bits per heavy atom. The van der Waals surface area contributed by atoms with E-state index in [9.17, 15) is 10.1 Å². The van der Waals surface area contributed by atoms with Crippen molar-refractivity contribution in [1.29, 1.82) is 0 Å². The lowest BCUT2D eigenvalue weighted by molar-refractivity contribution is -0.464. The Kier molecular flexibility index (Phi) is 3.68. The van der Waals surface area contributed by atoms with E-state index < -0.39 is 0 Å². The SMILES string of the molecule is Cc1ncc(CN2CCCN=C2C[N+](=O)[O-])s1. The Balaban J connectivity index is 2.05. The van der Waals surface area contributed by atoms with Gasteiger partial charge in [-0.1, -0.05) is 0 Å². The van der Waals surface area contributed by atoms with Crippen molar-refractivity contribution in [2.75, 3.05) is 19.6 Å². The van der Waals surface area contributed by atoms with Crippen molar-refractivity contribution in [3.63, 3.8) is 0 Å². The average molecular weight is 254 g/mol. The highest BCUT2D eigenvalue weighted by Gasteiger charge is 2.20. The van der Waals surface area contributed by atoms with E-state index in [0.29, 0.717) is 18.9 Å².